The van der Waals surface area contributed by atoms with Crippen LogP contribution in [0.4, 0.5) is 5.82 Å². The number of hydrogen-bond acceptors (Lipinski definition) is 3. The number of aliphatic carboxylic acids is 1. The number of hydrogen-bond donors (Lipinski definition) is 2. The highest BCUT2D eigenvalue weighted by Gasteiger charge is 2.01. The predicted octanol–water partition coefficient (Wildman–Crippen LogP) is 0.667. The number of carboxylic acids is 1. The van der Waals surface area contributed by atoms with Crippen LogP contribution in [0.5, 0.6) is 0 Å². The fraction of sp³-hybridized carbons (Fsp3) is 0.222. The lowest BCUT2D eigenvalue weighted by Crippen LogP contribution is -2.08. The Morgan fingerprint density at radius 2 is 2.21 bits per heavy atom. The van der Waals surface area contributed by atoms with E-state index >= 15 is 0 Å². The summed E-state index contributed by atoms with van der Waals surface area (Å²) in [5.41, 5.74) is 0.603. The molecule has 0 aliphatic rings. The van der Waals surface area contributed by atoms with Gasteiger partial charge in [-0.25, -0.2) is 4.98 Å². The van der Waals surface area contributed by atoms with E-state index in [2.05, 4.69) is 10.3 Å². The SMILES string of the molecule is CC(=O)Nc1ccc(CC(=O)O)cn1. The van der Waals surface area contributed by atoms with Crippen LogP contribution < -0.4 is 5.32 Å². The minimum Gasteiger partial charge on any atom is -0.481 e. The molecule has 1 amide bonds. The molecule has 0 spiro atoms. The van der Waals surface area contributed by atoms with Crippen LogP contribution in [-0.2, 0) is 16.0 Å². The molecular formula is C9H10N2O3. The number of carboxylic acid groups (broad SMARTS) is 1. The van der Waals surface area contributed by atoms with Crippen LogP contribution in [0.2, 0.25) is 0 Å². The number of amides is 1. The third-order valence-electron chi connectivity index (χ3n) is 1.48. The van der Waals surface area contributed by atoms with E-state index in [0.29, 0.717) is 11.4 Å². The van der Waals surface area contributed by atoms with Crippen LogP contribution in [-0.4, -0.2) is 22.0 Å². The van der Waals surface area contributed by atoms with Crippen molar-refractivity contribution in [3.63, 3.8) is 0 Å². The minimum absolute atomic E-state index is 0.0622. The van der Waals surface area contributed by atoms with Gasteiger partial charge in [-0.05, 0) is 11.6 Å². The van der Waals surface area contributed by atoms with E-state index in [1.807, 2.05) is 0 Å². The molecule has 0 atom stereocenters. The van der Waals surface area contributed by atoms with E-state index < -0.39 is 5.97 Å². The third kappa shape index (κ3) is 3.22. The molecule has 5 heteroatoms. The lowest BCUT2D eigenvalue weighted by molar-refractivity contribution is -0.136. The first-order chi connectivity index (χ1) is 6.58. The van der Waals surface area contributed by atoms with Crippen LogP contribution in [0, 0.1) is 0 Å². The molecule has 0 unspecified atom stereocenters. The Balaban J connectivity index is 2.68. The predicted molar refractivity (Wildman–Crippen MR) is 49.9 cm³/mol. The number of anilines is 1. The molecule has 1 aromatic heterocycles. The average molecular weight is 194 g/mol. The van der Waals surface area contributed by atoms with Gasteiger partial charge in [0.2, 0.25) is 5.91 Å². The summed E-state index contributed by atoms with van der Waals surface area (Å²) in [6.45, 7) is 1.38. The summed E-state index contributed by atoms with van der Waals surface area (Å²) >= 11 is 0. The van der Waals surface area contributed by atoms with Crippen LogP contribution in [0.15, 0.2) is 18.3 Å². The lowest BCUT2D eigenvalue weighted by Gasteiger charge is -2.01. The second kappa shape index (κ2) is 4.36. The van der Waals surface area contributed by atoms with E-state index in [1.54, 1.807) is 12.1 Å². The molecule has 2 N–H and O–H groups in total. The van der Waals surface area contributed by atoms with Gasteiger partial charge in [-0.1, -0.05) is 6.07 Å². The Hall–Kier alpha value is -1.91. The molecule has 0 aromatic carbocycles. The maximum absolute atomic E-state index is 10.6. The lowest BCUT2D eigenvalue weighted by atomic mass is 10.2. The van der Waals surface area contributed by atoms with Gasteiger partial charge >= 0.3 is 5.97 Å². The van der Waals surface area contributed by atoms with Crippen LogP contribution in [0.1, 0.15) is 12.5 Å². The highest BCUT2D eigenvalue weighted by Crippen LogP contribution is 2.05. The van der Waals surface area contributed by atoms with E-state index in [9.17, 15) is 9.59 Å². The van der Waals surface area contributed by atoms with Gasteiger partial charge in [0, 0.05) is 13.1 Å². The summed E-state index contributed by atoms with van der Waals surface area (Å²) in [5.74, 6) is -0.686. The molecular weight excluding hydrogens is 184 g/mol. The summed E-state index contributed by atoms with van der Waals surface area (Å²) in [5, 5.41) is 11.0. The Labute approximate surface area is 80.8 Å². The van der Waals surface area contributed by atoms with Gasteiger partial charge in [-0.3, -0.25) is 9.59 Å². The van der Waals surface area contributed by atoms with Crippen molar-refractivity contribution >= 4 is 17.7 Å². The minimum atomic E-state index is -0.904. The summed E-state index contributed by atoms with van der Waals surface area (Å²) in [4.78, 5) is 24.8. The Kier molecular flexibility index (Phi) is 3.17. The van der Waals surface area contributed by atoms with Crippen LogP contribution >= 0.6 is 0 Å². The molecule has 14 heavy (non-hydrogen) atoms. The molecule has 0 radical (unpaired) electrons. The Morgan fingerprint density at radius 1 is 1.50 bits per heavy atom. The van der Waals surface area contributed by atoms with Crippen LogP contribution in [0.3, 0.4) is 0 Å². The number of rotatable bonds is 3. The first-order valence-electron chi connectivity index (χ1n) is 4.02. The zero-order chi connectivity index (χ0) is 10.6. The number of carbonyl (C=O) groups is 2. The van der Waals surface area contributed by atoms with Crippen molar-refractivity contribution in [2.45, 2.75) is 13.3 Å². The van der Waals surface area contributed by atoms with Crippen molar-refractivity contribution in [3.05, 3.63) is 23.9 Å². The highest BCUT2D eigenvalue weighted by atomic mass is 16.4. The number of aromatic nitrogens is 1. The van der Waals surface area contributed by atoms with Gasteiger partial charge in [-0.2, -0.15) is 0 Å². The van der Waals surface area contributed by atoms with Crippen molar-refractivity contribution in [1.82, 2.24) is 4.98 Å². The van der Waals surface area contributed by atoms with E-state index in [0.717, 1.165) is 0 Å². The van der Waals surface area contributed by atoms with Gasteiger partial charge < -0.3 is 10.4 Å². The van der Waals surface area contributed by atoms with E-state index in [1.165, 1.54) is 13.1 Å². The Bertz CT molecular complexity index is 311. The summed E-state index contributed by atoms with van der Waals surface area (Å²) in [6, 6.07) is 3.19. The van der Waals surface area contributed by atoms with Gasteiger partial charge in [0.05, 0.1) is 6.42 Å². The number of nitrogens with one attached hydrogen (secondary N) is 1. The van der Waals surface area contributed by atoms with Crippen molar-refractivity contribution in [2.24, 2.45) is 0 Å². The normalized spacial score (nSPS) is 9.50. The van der Waals surface area contributed by atoms with E-state index in [-0.39, 0.29) is 12.3 Å². The second-order valence-electron chi connectivity index (χ2n) is 2.80. The molecule has 0 aliphatic heterocycles. The third-order valence-corrected chi connectivity index (χ3v) is 1.48. The van der Waals surface area contributed by atoms with Crippen molar-refractivity contribution in [2.75, 3.05) is 5.32 Å². The van der Waals surface area contributed by atoms with Crippen molar-refractivity contribution in [1.29, 1.82) is 0 Å². The number of pyridine rings is 1. The Morgan fingerprint density at radius 3 is 2.64 bits per heavy atom. The smallest absolute Gasteiger partial charge is 0.307 e. The fourth-order valence-corrected chi connectivity index (χ4v) is 0.958. The standard InChI is InChI=1S/C9H10N2O3/c1-6(12)11-8-3-2-7(5-10-8)4-9(13)14/h2-3,5H,4H2,1H3,(H,13,14)(H,10,11,12). The average Bonchev–Trinajstić information content (AvgIpc) is 2.06. The molecule has 1 heterocycles. The fourth-order valence-electron chi connectivity index (χ4n) is 0.958. The first-order valence-corrected chi connectivity index (χ1v) is 4.02. The molecule has 0 fully saturated rings. The van der Waals surface area contributed by atoms with Crippen molar-refractivity contribution in [3.8, 4) is 0 Å². The van der Waals surface area contributed by atoms with Gasteiger partial charge in [0.1, 0.15) is 5.82 Å². The first kappa shape index (κ1) is 10.2. The number of carbonyl (C=O) groups excluding carboxylic acids is 1. The molecule has 0 saturated carbocycles. The summed E-state index contributed by atoms with van der Waals surface area (Å²) < 4.78 is 0. The highest BCUT2D eigenvalue weighted by molar-refractivity contribution is 5.87. The molecule has 1 aromatic rings. The maximum Gasteiger partial charge on any atom is 0.307 e. The monoisotopic (exact) mass is 194 g/mol. The summed E-state index contributed by atoms with van der Waals surface area (Å²) in [6.07, 6.45) is 1.37. The van der Waals surface area contributed by atoms with Gasteiger partial charge in [-0.15, -0.1) is 0 Å². The quantitative estimate of drug-likeness (QED) is 0.741. The largest absolute Gasteiger partial charge is 0.481 e. The molecule has 0 aliphatic carbocycles. The van der Waals surface area contributed by atoms with Gasteiger partial charge in [0.25, 0.3) is 0 Å². The molecule has 74 valence electrons. The second-order valence-corrected chi connectivity index (χ2v) is 2.80. The molecule has 5 nitrogen and oxygen atoms in total. The van der Waals surface area contributed by atoms with Gasteiger partial charge in [0.15, 0.2) is 0 Å². The number of nitrogens with zero attached hydrogens (tertiary/aromatic N) is 1. The zero-order valence-corrected chi connectivity index (χ0v) is 7.65. The molecule has 1 rings (SSSR count). The maximum atomic E-state index is 10.6. The van der Waals surface area contributed by atoms with Crippen molar-refractivity contribution < 1.29 is 14.7 Å². The summed E-state index contributed by atoms with van der Waals surface area (Å²) in [7, 11) is 0. The zero-order valence-electron chi connectivity index (χ0n) is 7.65. The van der Waals surface area contributed by atoms with Crippen LogP contribution in [0.25, 0.3) is 0 Å². The van der Waals surface area contributed by atoms with E-state index in [4.69, 9.17) is 5.11 Å². The topological polar surface area (TPSA) is 79.3 Å². The molecule has 0 saturated heterocycles. The molecule has 0 bridgehead atoms.